The van der Waals surface area contributed by atoms with Crippen molar-refractivity contribution < 1.29 is 9.84 Å². The number of aryl methyl sites for hydroxylation is 1. The highest BCUT2D eigenvalue weighted by Gasteiger charge is 2.22. The van der Waals surface area contributed by atoms with E-state index in [0.717, 1.165) is 43.8 Å². The van der Waals surface area contributed by atoms with Crippen LogP contribution in [0.3, 0.4) is 0 Å². The fourth-order valence-electron chi connectivity index (χ4n) is 3.31. The molecule has 1 aromatic heterocycles. The van der Waals surface area contributed by atoms with E-state index in [1.165, 1.54) is 5.56 Å². The average molecular weight is 348 g/mol. The Morgan fingerprint density at radius 3 is 2.92 bits per heavy atom. The molecule has 0 fully saturated rings. The molecule has 0 spiro atoms. The van der Waals surface area contributed by atoms with Gasteiger partial charge in [0, 0.05) is 13.1 Å². The van der Waals surface area contributed by atoms with Crippen LogP contribution in [-0.4, -0.2) is 33.1 Å². The van der Waals surface area contributed by atoms with Crippen molar-refractivity contribution in [3.63, 3.8) is 0 Å². The van der Waals surface area contributed by atoms with Crippen molar-refractivity contribution >= 4 is 17.9 Å². The molecule has 130 valence electrons. The van der Waals surface area contributed by atoms with Gasteiger partial charge in [-0.1, -0.05) is 19.1 Å². The van der Waals surface area contributed by atoms with E-state index < -0.39 is 0 Å². The van der Waals surface area contributed by atoms with Crippen LogP contribution < -0.4 is 9.64 Å². The van der Waals surface area contributed by atoms with Crippen LogP contribution in [0.25, 0.3) is 0 Å². The summed E-state index contributed by atoms with van der Waals surface area (Å²) in [5.41, 5.74) is 2.42. The Balaban J connectivity index is 1.95. The Morgan fingerprint density at radius 2 is 2.21 bits per heavy atom. The number of benzene rings is 1. The number of aromatic nitrogens is 3. The predicted molar refractivity (Wildman–Crippen MR) is 95.9 cm³/mol. The number of aliphatic hydroxyl groups is 1. The van der Waals surface area contributed by atoms with Gasteiger partial charge in [0.1, 0.15) is 19.0 Å². The normalized spacial score (nSPS) is 13.9. The molecule has 1 N–H and O–H groups in total. The number of hydrogen-bond donors (Lipinski definition) is 1. The number of para-hydroxylation sites is 1. The van der Waals surface area contributed by atoms with Crippen LogP contribution >= 0.6 is 12.2 Å². The minimum Gasteiger partial charge on any atom is -0.495 e. The van der Waals surface area contributed by atoms with Crippen molar-refractivity contribution in [1.29, 1.82) is 0 Å². The predicted octanol–water partition coefficient (Wildman–Crippen LogP) is 2.74. The second kappa shape index (κ2) is 7.36. The number of fused-ring (bicyclic) bond motifs is 1. The first-order valence-corrected chi connectivity index (χ1v) is 8.78. The van der Waals surface area contributed by atoms with Crippen molar-refractivity contribution in [2.75, 3.05) is 18.6 Å². The summed E-state index contributed by atoms with van der Waals surface area (Å²) in [6.45, 7) is 4.26. The topological polar surface area (TPSA) is 55.5 Å². The number of aliphatic hydroxyl groups excluding tert-OH is 1. The van der Waals surface area contributed by atoms with E-state index in [9.17, 15) is 5.11 Å². The molecule has 2 heterocycles. The van der Waals surface area contributed by atoms with Gasteiger partial charge in [-0.3, -0.25) is 0 Å². The second-order valence-electron chi connectivity index (χ2n) is 5.98. The molecule has 0 unspecified atom stereocenters. The first kappa shape index (κ1) is 17.0. The maximum absolute atomic E-state index is 9.55. The lowest BCUT2D eigenvalue weighted by molar-refractivity contribution is 0.263. The Kier molecular flexibility index (Phi) is 5.20. The van der Waals surface area contributed by atoms with Crippen LogP contribution in [-0.2, 0) is 26.2 Å². The third-order valence-corrected chi connectivity index (χ3v) is 4.82. The summed E-state index contributed by atoms with van der Waals surface area (Å²) in [5.74, 6) is 1.51. The smallest absolute Gasteiger partial charge is 0.199 e. The average Bonchev–Trinajstić information content (AvgIpc) is 2.90. The highest BCUT2D eigenvalue weighted by atomic mass is 32.1. The Labute approximate surface area is 147 Å². The molecule has 6 nitrogen and oxygen atoms in total. The van der Waals surface area contributed by atoms with E-state index in [2.05, 4.69) is 23.0 Å². The van der Waals surface area contributed by atoms with Crippen molar-refractivity contribution in [2.24, 2.45) is 0 Å². The Hall–Kier alpha value is -1.86. The molecule has 0 radical (unpaired) electrons. The SMILES string of the molecule is CCCn1c(CO)nn(CN2CCCc3cccc(OC)c32)c1=S. The van der Waals surface area contributed by atoms with Crippen molar-refractivity contribution in [2.45, 2.75) is 46.0 Å². The van der Waals surface area contributed by atoms with Gasteiger partial charge in [0.2, 0.25) is 0 Å². The summed E-state index contributed by atoms with van der Waals surface area (Å²) in [6.07, 6.45) is 3.10. The van der Waals surface area contributed by atoms with Gasteiger partial charge in [0.05, 0.1) is 12.8 Å². The van der Waals surface area contributed by atoms with Gasteiger partial charge in [-0.25, -0.2) is 4.68 Å². The summed E-state index contributed by atoms with van der Waals surface area (Å²) in [4.78, 5) is 2.26. The highest BCUT2D eigenvalue weighted by molar-refractivity contribution is 7.71. The molecular weight excluding hydrogens is 324 g/mol. The maximum Gasteiger partial charge on any atom is 0.199 e. The quantitative estimate of drug-likeness (QED) is 0.814. The second-order valence-corrected chi connectivity index (χ2v) is 6.35. The standard InChI is InChI=1S/C17H24N4O2S/c1-3-9-20-15(11-22)18-21(17(20)24)12-19-10-5-7-13-6-4-8-14(23-2)16(13)19/h4,6,8,22H,3,5,7,9-12H2,1-2H3. The molecule has 0 amide bonds. The molecule has 3 rings (SSSR count). The highest BCUT2D eigenvalue weighted by Crippen LogP contribution is 2.36. The first-order chi connectivity index (χ1) is 11.7. The molecular formula is C17H24N4O2S. The zero-order valence-electron chi connectivity index (χ0n) is 14.2. The van der Waals surface area contributed by atoms with Gasteiger partial charge in [0.25, 0.3) is 0 Å². The third-order valence-electron chi connectivity index (χ3n) is 4.39. The first-order valence-electron chi connectivity index (χ1n) is 8.37. The summed E-state index contributed by atoms with van der Waals surface area (Å²) in [7, 11) is 1.70. The van der Waals surface area contributed by atoms with Crippen LogP contribution in [0.1, 0.15) is 31.2 Å². The molecule has 0 bridgehead atoms. The van der Waals surface area contributed by atoms with Crippen molar-refractivity contribution in [3.8, 4) is 5.75 Å². The molecule has 7 heteroatoms. The fourth-order valence-corrected chi connectivity index (χ4v) is 3.61. The summed E-state index contributed by atoms with van der Waals surface area (Å²) in [6, 6.07) is 6.18. The molecule has 0 saturated heterocycles. The van der Waals surface area contributed by atoms with E-state index >= 15 is 0 Å². The number of nitrogens with zero attached hydrogens (tertiary/aromatic N) is 4. The monoisotopic (exact) mass is 348 g/mol. The lowest BCUT2D eigenvalue weighted by Gasteiger charge is -2.32. The zero-order valence-corrected chi connectivity index (χ0v) is 15.1. The zero-order chi connectivity index (χ0) is 17.1. The maximum atomic E-state index is 9.55. The Morgan fingerprint density at radius 1 is 1.38 bits per heavy atom. The van der Waals surface area contributed by atoms with E-state index in [4.69, 9.17) is 17.0 Å². The van der Waals surface area contributed by atoms with Crippen LogP contribution in [0.15, 0.2) is 18.2 Å². The number of ether oxygens (including phenoxy) is 1. The van der Waals surface area contributed by atoms with Gasteiger partial charge in [-0.2, -0.15) is 5.10 Å². The summed E-state index contributed by atoms with van der Waals surface area (Å²) in [5, 5.41) is 14.1. The summed E-state index contributed by atoms with van der Waals surface area (Å²) >= 11 is 5.57. The van der Waals surface area contributed by atoms with Gasteiger partial charge in [-0.05, 0) is 43.1 Å². The lowest BCUT2D eigenvalue weighted by atomic mass is 10.0. The third kappa shape index (κ3) is 3.06. The van der Waals surface area contributed by atoms with Crippen LogP contribution in [0, 0.1) is 4.77 Å². The molecule has 0 saturated carbocycles. The number of anilines is 1. The number of hydrogen-bond acceptors (Lipinski definition) is 5. The molecule has 1 aliphatic rings. The van der Waals surface area contributed by atoms with Gasteiger partial charge in [0.15, 0.2) is 10.6 Å². The van der Waals surface area contributed by atoms with Gasteiger partial charge >= 0.3 is 0 Å². The summed E-state index contributed by atoms with van der Waals surface area (Å²) < 4.78 is 9.94. The van der Waals surface area contributed by atoms with E-state index in [-0.39, 0.29) is 6.61 Å². The number of methoxy groups -OCH3 is 1. The molecule has 1 aliphatic heterocycles. The van der Waals surface area contributed by atoms with Gasteiger partial charge < -0.3 is 19.3 Å². The Bertz CT molecular complexity index is 754. The van der Waals surface area contributed by atoms with Crippen LogP contribution in [0.2, 0.25) is 0 Å². The molecule has 0 aliphatic carbocycles. The number of rotatable bonds is 6. The van der Waals surface area contributed by atoms with E-state index in [0.29, 0.717) is 17.3 Å². The van der Waals surface area contributed by atoms with Crippen LogP contribution in [0.4, 0.5) is 5.69 Å². The molecule has 1 aromatic carbocycles. The van der Waals surface area contributed by atoms with Crippen molar-refractivity contribution in [3.05, 3.63) is 34.4 Å². The van der Waals surface area contributed by atoms with Gasteiger partial charge in [-0.15, -0.1) is 0 Å². The van der Waals surface area contributed by atoms with E-state index in [1.54, 1.807) is 11.8 Å². The minimum atomic E-state index is -0.101. The van der Waals surface area contributed by atoms with Crippen molar-refractivity contribution in [1.82, 2.24) is 14.3 Å². The molecule has 24 heavy (non-hydrogen) atoms. The lowest BCUT2D eigenvalue weighted by Crippen LogP contribution is -2.32. The largest absolute Gasteiger partial charge is 0.495 e. The fraction of sp³-hybridized carbons (Fsp3) is 0.529. The van der Waals surface area contributed by atoms with Crippen LogP contribution in [0.5, 0.6) is 5.75 Å². The van der Waals surface area contributed by atoms with E-state index in [1.807, 2.05) is 16.7 Å². The molecule has 2 aromatic rings. The minimum absolute atomic E-state index is 0.101. The molecule has 0 atom stereocenters.